The first-order valence-corrected chi connectivity index (χ1v) is 12.5. The lowest BCUT2D eigenvalue weighted by Crippen LogP contribution is -2.37. The Morgan fingerprint density at radius 1 is 1.22 bits per heavy atom. The van der Waals surface area contributed by atoms with Crippen LogP contribution in [0.1, 0.15) is 24.8 Å². The highest BCUT2D eigenvalue weighted by Gasteiger charge is 2.31. The number of hydrogen-bond acceptors (Lipinski definition) is 8. The molecule has 0 saturated carbocycles. The second kappa shape index (κ2) is 13.4. The van der Waals surface area contributed by atoms with Gasteiger partial charge in [0.2, 0.25) is 0 Å². The first-order chi connectivity index (χ1) is 17.2. The van der Waals surface area contributed by atoms with Crippen LogP contribution in [0.3, 0.4) is 0 Å². The number of nitrogens with zero attached hydrogens (tertiary/aromatic N) is 3. The van der Waals surface area contributed by atoms with Crippen molar-refractivity contribution in [2.24, 2.45) is 5.92 Å². The van der Waals surface area contributed by atoms with E-state index in [0.29, 0.717) is 31.1 Å². The molecule has 1 fully saturated rings. The quantitative estimate of drug-likeness (QED) is 0.288. The number of methoxy groups -OCH3 is 1. The predicted molar refractivity (Wildman–Crippen MR) is 125 cm³/mol. The van der Waals surface area contributed by atoms with Gasteiger partial charge in [-0.05, 0) is 42.9 Å². The van der Waals surface area contributed by atoms with Crippen LogP contribution in [0.4, 0.5) is 24.8 Å². The third kappa shape index (κ3) is 12.6. The van der Waals surface area contributed by atoms with E-state index in [2.05, 4.69) is 20.0 Å². The number of rotatable bonds is 9. The minimum Gasteiger partial charge on any atom is -0.481 e. The van der Waals surface area contributed by atoms with Crippen molar-refractivity contribution < 1.29 is 51.8 Å². The smallest absolute Gasteiger partial charge is 0.481 e. The molecule has 0 radical (unpaired) electrons. The van der Waals surface area contributed by atoms with E-state index in [1.54, 1.807) is 18.2 Å². The summed E-state index contributed by atoms with van der Waals surface area (Å²) < 4.78 is 54.7. The molecule has 37 heavy (non-hydrogen) atoms. The van der Waals surface area contributed by atoms with E-state index in [1.807, 2.05) is 4.90 Å². The van der Waals surface area contributed by atoms with Crippen LogP contribution in [-0.4, -0.2) is 68.8 Å². The van der Waals surface area contributed by atoms with Crippen molar-refractivity contribution >= 4 is 25.4 Å². The largest absolute Gasteiger partial charge is 0.573 e. The number of phosphoric acid groups is 1. The molecule has 0 bridgehead atoms. The second-order valence-corrected chi connectivity index (χ2v) is 9.06. The fourth-order valence-electron chi connectivity index (χ4n) is 3.64. The Morgan fingerprint density at radius 2 is 1.86 bits per heavy atom. The molecule has 0 amide bonds. The van der Waals surface area contributed by atoms with Crippen LogP contribution in [0.5, 0.6) is 11.8 Å². The zero-order valence-corrected chi connectivity index (χ0v) is 20.7. The Morgan fingerprint density at radius 3 is 2.43 bits per heavy atom. The zero-order valence-electron chi connectivity index (χ0n) is 19.8. The van der Waals surface area contributed by atoms with E-state index < -0.39 is 20.2 Å². The predicted octanol–water partition coefficient (Wildman–Crippen LogP) is 2.80. The molecule has 2 aromatic rings. The standard InChI is InChI=1S/C21H25F3N4O4.H3O4P/c1-31-20-26-17(12-18(27-20)28-10-2-3-15(13-28)11-19(29)30)25-9-8-14-4-6-16(7-5-14)32-21(22,23)24;1-5(2,3)4/h4-7,12,15H,2-3,8-11,13H2,1H3,(H,29,30)(H,25,26,27);(H3,1,2,3,4)/t15-;/m0./s1. The molecule has 1 aliphatic rings. The maximum Gasteiger partial charge on any atom is 0.573 e. The van der Waals surface area contributed by atoms with Gasteiger partial charge in [-0.1, -0.05) is 12.1 Å². The van der Waals surface area contributed by atoms with Gasteiger partial charge in [-0.25, -0.2) is 4.57 Å². The summed E-state index contributed by atoms with van der Waals surface area (Å²) in [4.78, 5) is 43.3. The highest BCUT2D eigenvalue weighted by molar-refractivity contribution is 7.45. The first-order valence-electron chi connectivity index (χ1n) is 11.0. The molecule has 0 aliphatic carbocycles. The molecular formula is C21H28F3N4O8P. The summed E-state index contributed by atoms with van der Waals surface area (Å²) in [6, 6.07) is 7.68. The van der Waals surface area contributed by atoms with Crippen molar-refractivity contribution in [1.29, 1.82) is 0 Å². The van der Waals surface area contributed by atoms with Crippen molar-refractivity contribution in [3.63, 3.8) is 0 Å². The molecule has 1 aromatic carbocycles. The van der Waals surface area contributed by atoms with Crippen LogP contribution in [0.25, 0.3) is 0 Å². The highest BCUT2D eigenvalue weighted by atomic mass is 31.2. The SMILES string of the molecule is COc1nc(NCCc2ccc(OC(F)(F)F)cc2)cc(N2CCC[C@@H](CC(=O)O)C2)n1.O=P(O)(O)O. The van der Waals surface area contributed by atoms with E-state index >= 15 is 0 Å². The van der Waals surface area contributed by atoms with Crippen LogP contribution in [-0.2, 0) is 15.8 Å². The van der Waals surface area contributed by atoms with E-state index in [0.717, 1.165) is 24.9 Å². The number of aromatic nitrogens is 2. The lowest BCUT2D eigenvalue weighted by atomic mass is 9.95. The molecule has 16 heteroatoms. The minimum absolute atomic E-state index is 0.0583. The third-order valence-electron chi connectivity index (χ3n) is 5.06. The van der Waals surface area contributed by atoms with E-state index in [4.69, 9.17) is 29.1 Å². The molecule has 12 nitrogen and oxygen atoms in total. The number of piperidine rings is 1. The normalized spacial score (nSPS) is 15.9. The number of aliphatic carboxylic acids is 1. The summed E-state index contributed by atoms with van der Waals surface area (Å²) in [5.74, 6) is 0.190. The van der Waals surface area contributed by atoms with Gasteiger partial charge in [0.25, 0.3) is 0 Å². The molecule has 0 spiro atoms. The Balaban J connectivity index is 0.000000877. The molecule has 5 N–H and O–H groups in total. The fourth-order valence-corrected chi connectivity index (χ4v) is 3.64. The lowest BCUT2D eigenvalue weighted by Gasteiger charge is -2.33. The van der Waals surface area contributed by atoms with Crippen LogP contribution >= 0.6 is 7.82 Å². The molecule has 0 unspecified atom stereocenters. The van der Waals surface area contributed by atoms with Gasteiger partial charge in [0.05, 0.1) is 7.11 Å². The molecule has 3 rings (SSSR count). The first kappa shape index (κ1) is 30.1. The number of carbonyl (C=O) groups is 1. The van der Waals surface area contributed by atoms with E-state index in [1.165, 1.54) is 19.2 Å². The molecule has 206 valence electrons. The molecular weight excluding hydrogens is 524 g/mol. The van der Waals surface area contributed by atoms with Gasteiger partial charge in [-0.2, -0.15) is 9.97 Å². The number of ether oxygens (including phenoxy) is 2. The molecule has 1 aliphatic heterocycles. The Kier molecular flexibility index (Phi) is 10.9. The average Bonchev–Trinajstić information content (AvgIpc) is 2.78. The number of alkyl halides is 3. The van der Waals surface area contributed by atoms with Gasteiger partial charge in [0, 0.05) is 32.1 Å². The van der Waals surface area contributed by atoms with Crippen molar-refractivity contribution in [3.05, 3.63) is 35.9 Å². The summed E-state index contributed by atoms with van der Waals surface area (Å²) in [6.45, 7) is 1.85. The maximum absolute atomic E-state index is 12.3. The van der Waals surface area contributed by atoms with E-state index in [9.17, 15) is 18.0 Å². The van der Waals surface area contributed by atoms with Gasteiger partial charge in [-0.3, -0.25) is 4.79 Å². The topological polar surface area (TPSA) is 175 Å². The Labute approximate surface area is 210 Å². The summed E-state index contributed by atoms with van der Waals surface area (Å²) in [5.41, 5.74) is 0.834. The molecule has 2 heterocycles. The van der Waals surface area contributed by atoms with Gasteiger partial charge in [-0.15, -0.1) is 13.2 Å². The van der Waals surface area contributed by atoms with Gasteiger partial charge >= 0.3 is 26.2 Å². The molecule has 1 atom stereocenters. The van der Waals surface area contributed by atoms with Crippen LogP contribution < -0.4 is 19.7 Å². The lowest BCUT2D eigenvalue weighted by molar-refractivity contribution is -0.274. The van der Waals surface area contributed by atoms with Crippen molar-refractivity contribution in [2.75, 3.05) is 37.0 Å². The van der Waals surface area contributed by atoms with Gasteiger partial charge in [0.1, 0.15) is 17.4 Å². The zero-order chi connectivity index (χ0) is 27.6. The fraction of sp³-hybridized carbons (Fsp3) is 0.476. The van der Waals surface area contributed by atoms with Crippen LogP contribution in [0.15, 0.2) is 30.3 Å². The number of halogens is 3. The van der Waals surface area contributed by atoms with Crippen LogP contribution in [0, 0.1) is 5.92 Å². The number of benzene rings is 1. The Hall–Kier alpha value is -3.13. The van der Waals surface area contributed by atoms with E-state index in [-0.39, 0.29) is 24.1 Å². The number of anilines is 2. The summed E-state index contributed by atoms with van der Waals surface area (Å²) in [5, 5.41) is 12.3. The third-order valence-corrected chi connectivity index (χ3v) is 5.06. The van der Waals surface area contributed by atoms with Crippen LogP contribution in [0.2, 0.25) is 0 Å². The maximum atomic E-state index is 12.3. The molecule has 1 saturated heterocycles. The van der Waals surface area contributed by atoms with Crippen molar-refractivity contribution in [3.8, 4) is 11.8 Å². The number of carboxylic acids is 1. The summed E-state index contributed by atoms with van der Waals surface area (Å²) in [6.07, 6.45) is -2.30. The Bertz CT molecular complexity index is 1060. The second-order valence-electron chi connectivity index (χ2n) is 8.03. The van der Waals surface area contributed by atoms with Crippen molar-refractivity contribution in [2.45, 2.75) is 32.0 Å². The van der Waals surface area contributed by atoms with Crippen molar-refractivity contribution in [1.82, 2.24) is 9.97 Å². The van der Waals surface area contributed by atoms with Gasteiger partial charge in [0.15, 0.2) is 0 Å². The number of nitrogens with one attached hydrogen (secondary N) is 1. The number of carboxylic acid groups (broad SMARTS) is 1. The van der Waals surface area contributed by atoms with Gasteiger partial charge < -0.3 is 39.5 Å². The summed E-state index contributed by atoms with van der Waals surface area (Å²) in [7, 11) is -3.17. The highest BCUT2D eigenvalue weighted by Crippen LogP contribution is 2.27. The summed E-state index contributed by atoms with van der Waals surface area (Å²) >= 11 is 0. The minimum atomic E-state index is -4.71. The molecule has 1 aromatic heterocycles. The number of hydrogen-bond donors (Lipinski definition) is 5. The average molecular weight is 552 g/mol. The monoisotopic (exact) mass is 552 g/mol.